The van der Waals surface area contributed by atoms with Crippen LogP contribution in [0.5, 0.6) is 0 Å². The lowest BCUT2D eigenvalue weighted by Gasteiger charge is -2.13. The van der Waals surface area contributed by atoms with E-state index < -0.39 is 17.8 Å². The van der Waals surface area contributed by atoms with Crippen LogP contribution in [-0.2, 0) is 4.79 Å². The van der Waals surface area contributed by atoms with Gasteiger partial charge in [-0.25, -0.2) is 9.82 Å². The van der Waals surface area contributed by atoms with E-state index in [0.29, 0.717) is 0 Å². The van der Waals surface area contributed by atoms with E-state index in [0.717, 1.165) is 6.07 Å². The van der Waals surface area contributed by atoms with Gasteiger partial charge in [0.25, 0.3) is 0 Å². The number of carboxylic acids is 1. The molecule has 1 aromatic rings. The summed E-state index contributed by atoms with van der Waals surface area (Å²) in [5.41, 5.74) is 1.81. The van der Waals surface area contributed by atoms with Gasteiger partial charge in [-0.15, -0.1) is 0 Å². The lowest BCUT2D eigenvalue weighted by Crippen LogP contribution is -2.34. The predicted molar refractivity (Wildman–Crippen MR) is 49.1 cm³/mol. The zero-order chi connectivity index (χ0) is 10.7. The number of aliphatic carboxylic acids is 1. The average molecular weight is 219 g/mol. The number of nitrogens with one attached hydrogen (secondary N) is 1. The molecule has 0 aliphatic carbocycles. The molecule has 76 valence electrons. The molecule has 0 saturated heterocycles. The average Bonchev–Trinajstić information content (AvgIpc) is 2.10. The van der Waals surface area contributed by atoms with Crippen molar-refractivity contribution in [3.05, 3.63) is 34.6 Å². The second kappa shape index (κ2) is 4.36. The molecule has 0 aliphatic heterocycles. The van der Waals surface area contributed by atoms with E-state index in [1.165, 1.54) is 12.1 Å². The van der Waals surface area contributed by atoms with Crippen molar-refractivity contribution in [2.24, 2.45) is 5.84 Å². The van der Waals surface area contributed by atoms with Gasteiger partial charge in [0.15, 0.2) is 0 Å². The van der Waals surface area contributed by atoms with E-state index in [1.807, 2.05) is 5.43 Å². The fourth-order valence-corrected chi connectivity index (χ4v) is 1.34. The predicted octanol–water partition coefficient (Wildman–Crippen LogP) is 1.07. The number of benzene rings is 1. The summed E-state index contributed by atoms with van der Waals surface area (Å²) < 4.78 is 13.2. The minimum Gasteiger partial charge on any atom is -0.480 e. The highest BCUT2D eigenvalue weighted by Gasteiger charge is 2.24. The topological polar surface area (TPSA) is 75.3 Å². The fourth-order valence-electron chi connectivity index (χ4n) is 1.06. The first kappa shape index (κ1) is 10.9. The van der Waals surface area contributed by atoms with Crippen LogP contribution in [0.15, 0.2) is 18.2 Å². The van der Waals surface area contributed by atoms with E-state index in [2.05, 4.69) is 0 Å². The molecule has 4 N–H and O–H groups in total. The summed E-state index contributed by atoms with van der Waals surface area (Å²) in [4.78, 5) is 10.7. The first-order valence-corrected chi connectivity index (χ1v) is 4.08. The zero-order valence-corrected chi connectivity index (χ0v) is 7.75. The Morgan fingerprint density at radius 2 is 2.29 bits per heavy atom. The molecule has 1 aromatic carbocycles. The van der Waals surface area contributed by atoms with Crippen LogP contribution in [0, 0.1) is 5.82 Å². The third-order valence-electron chi connectivity index (χ3n) is 1.70. The van der Waals surface area contributed by atoms with Gasteiger partial charge in [0.1, 0.15) is 11.9 Å². The number of halogens is 2. The molecule has 0 heterocycles. The summed E-state index contributed by atoms with van der Waals surface area (Å²) in [5, 5.41) is 8.73. The molecule has 1 rings (SSSR count). The lowest BCUT2D eigenvalue weighted by atomic mass is 10.1. The third-order valence-corrected chi connectivity index (χ3v) is 2.03. The molecule has 1 unspecified atom stereocenters. The SMILES string of the molecule is NNC(C(=O)O)c1c(F)cccc1Cl. The summed E-state index contributed by atoms with van der Waals surface area (Å²) in [6.07, 6.45) is 0. The third kappa shape index (κ3) is 2.01. The zero-order valence-electron chi connectivity index (χ0n) is 7.00. The Morgan fingerprint density at radius 1 is 1.64 bits per heavy atom. The maximum Gasteiger partial charge on any atom is 0.326 e. The molecule has 1 atom stereocenters. The fraction of sp³-hybridized carbons (Fsp3) is 0.125. The smallest absolute Gasteiger partial charge is 0.326 e. The van der Waals surface area contributed by atoms with E-state index in [9.17, 15) is 9.18 Å². The Balaban J connectivity index is 3.22. The summed E-state index contributed by atoms with van der Waals surface area (Å²) in [5.74, 6) is 2.99. The molecule has 0 saturated carbocycles. The molecule has 0 radical (unpaired) electrons. The van der Waals surface area contributed by atoms with Crippen molar-refractivity contribution in [1.82, 2.24) is 5.43 Å². The van der Waals surface area contributed by atoms with Crippen LogP contribution in [0.1, 0.15) is 11.6 Å². The minimum absolute atomic E-state index is 0.0235. The molecule has 0 fully saturated rings. The molecule has 0 bridgehead atoms. The summed E-state index contributed by atoms with van der Waals surface area (Å²) >= 11 is 5.65. The van der Waals surface area contributed by atoms with Crippen molar-refractivity contribution >= 4 is 17.6 Å². The Labute approximate surface area is 84.4 Å². The summed E-state index contributed by atoms with van der Waals surface area (Å²) in [7, 11) is 0. The van der Waals surface area contributed by atoms with Crippen molar-refractivity contribution in [2.45, 2.75) is 6.04 Å². The largest absolute Gasteiger partial charge is 0.480 e. The van der Waals surface area contributed by atoms with Crippen LogP contribution < -0.4 is 11.3 Å². The quantitative estimate of drug-likeness (QED) is 0.524. The maximum absolute atomic E-state index is 13.2. The van der Waals surface area contributed by atoms with Crippen LogP contribution in [0.4, 0.5) is 4.39 Å². The van der Waals surface area contributed by atoms with Gasteiger partial charge in [0.05, 0.1) is 0 Å². The molecule has 6 heteroatoms. The number of carboxylic acid groups (broad SMARTS) is 1. The highest BCUT2D eigenvalue weighted by molar-refractivity contribution is 6.31. The van der Waals surface area contributed by atoms with E-state index in [-0.39, 0.29) is 10.6 Å². The van der Waals surface area contributed by atoms with E-state index in [4.69, 9.17) is 22.6 Å². The summed E-state index contributed by atoms with van der Waals surface area (Å²) in [6.45, 7) is 0. The Kier molecular flexibility index (Phi) is 3.40. The maximum atomic E-state index is 13.2. The number of hydrogen-bond donors (Lipinski definition) is 3. The Morgan fingerprint density at radius 3 is 2.71 bits per heavy atom. The number of carbonyl (C=O) groups is 1. The van der Waals surface area contributed by atoms with Crippen LogP contribution in [0.25, 0.3) is 0 Å². The molecular formula is C8H8ClFN2O2. The number of hydrogen-bond acceptors (Lipinski definition) is 3. The van der Waals surface area contributed by atoms with Crippen molar-refractivity contribution in [1.29, 1.82) is 0 Å². The van der Waals surface area contributed by atoms with Gasteiger partial charge in [-0.3, -0.25) is 10.6 Å². The van der Waals surface area contributed by atoms with E-state index in [1.54, 1.807) is 0 Å². The van der Waals surface area contributed by atoms with Crippen molar-refractivity contribution in [2.75, 3.05) is 0 Å². The highest BCUT2D eigenvalue weighted by Crippen LogP contribution is 2.25. The lowest BCUT2D eigenvalue weighted by molar-refractivity contribution is -0.139. The van der Waals surface area contributed by atoms with Gasteiger partial charge in [0.2, 0.25) is 0 Å². The number of nitrogens with two attached hydrogens (primary N) is 1. The molecule has 0 amide bonds. The highest BCUT2D eigenvalue weighted by atomic mass is 35.5. The molecule has 0 spiro atoms. The van der Waals surface area contributed by atoms with Gasteiger partial charge < -0.3 is 5.11 Å². The van der Waals surface area contributed by atoms with Crippen LogP contribution in [0.3, 0.4) is 0 Å². The number of rotatable bonds is 3. The monoisotopic (exact) mass is 218 g/mol. The van der Waals surface area contributed by atoms with Gasteiger partial charge in [-0.05, 0) is 12.1 Å². The molecular weight excluding hydrogens is 211 g/mol. The second-order valence-electron chi connectivity index (χ2n) is 2.57. The molecule has 0 aromatic heterocycles. The second-order valence-corrected chi connectivity index (χ2v) is 2.98. The van der Waals surface area contributed by atoms with Gasteiger partial charge in [-0.1, -0.05) is 17.7 Å². The molecule has 4 nitrogen and oxygen atoms in total. The Bertz CT molecular complexity index is 339. The van der Waals surface area contributed by atoms with E-state index >= 15 is 0 Å². The normalized spacial score (nSPS) is 12.5. The van der Waals surface area contributed by atoms with Gasteiger partial charge >= 0.3 is 5.97 Å². The van der Waals surface area contributed by atoms with Gasteiger partial charge in [0, 0.05) is 10.6 Å². The number of hydrazine groups is 1. The van der Waals surface area contributed by atoms with Crippen LogP contribution in [0.2, 0.25) is 5.02 Å². The van der Waals surface area contributed by atoms with Crippen LogP contribution in [-0.4, -0.2) is 11.1 Å². The van der Waals surface area contributed by atoms with Crippen molar-refractivity contribution in [3.8, 4) is 0 Å². The van der Waals surface area contributed by atoms with Gasteiger partial charge in [-0.2, -0.15) is 0 Å². The first-order chi connectivity index (χ1) is 6.57. The Hall–Kier alpha value is -1.17. The standard InChI is InChI=1S/C8H8ClFN2O2/c9-4-2-1-3-5(10)6(4)7(12-11)8(13)14/h1-3,7,12H,11H2,(H,13,14). The van der Waals surface area contributed by atoms with Crippen LogP contribution >= 0.6 is 11.6 Å². The minimum atomic E-state index is -1.34. The molecule has 14 heavy (non-hydrogen) atoms. The van der Waals surface area contributed by atoms with Crippen molar-refractivity contribution < 1.29 is 14.3 Å². The molecule has 0 aliphatic rings. The summed E-state index contributed by atoms with van der Waals surface area (Å²) in [6, 6.07) is 2.56. The first-order valence-electron chi connectivity index (χ1n) is 3.70. The van der Waals surface area contributed by atoms with Crippen molar-refractivity contribution in [3.63, 3.8) is 0 Å².